The van der Waals surface area contributed by atoms with Gasteiger partial charge in [0.25, 0.3) is 5.91 Å². The summed E-state index contributed by atoms with van der Waals surface area (Å²) in [7, 11) is 0. The van der Waals surface area contributed by atoms with Gasteiger partial charge in [-0.2, -0.15) is 0 Å². The van der Waals surface area contributed by atoms with Gasteiger partial charge in [0.2, 0.25) is 5.75 Å². The van der Waals surface area contributed by atoms with Gasteiger partial charge in [-0.1, -0.05) is 18.2 Å². The number of hydrogen-bond donors (Lipinski definition) is 0. The summed E-state index contributed by atoms with van der Waals surface area (Å²) < 4.78 is 5.58. The van der Waals surface area contributed by atoms with Gasteiger partial charge in [0.1, 0.15) is 5.69 Å². The second kappa shape index (κ2) is 8.03. The van der Waals surface area contributed by atoms with E-state index in [0.717, 1.165) is 18.8 Å². The topological polar surface area (TPSA) is 88.8 Å². The summed E-state index contributed by atoms with van der Waals surface area (Å²) in [5.41, 5.74) is 1.65. The van der Waals surface area contributed by atoms with Crippen LogP contribution in [0, 0.1) is 17.0 Å². The number of anilines is 1. The summed E-state index contributed by atoms with van der Waals surface area (Å²) in [6.45, 7) is 5.89. The molecular formula is C19H22N4O4. The molecule has 1 aromatic carbocycles. The Hall–Kier alpha value is -3.16. The van der Waals surface area contributed by atoms with Crippen molar-refractivity contribution in [2.75, 3.05) is 31.1 Å². The summed E-state index contributed by atoms with van der Waals surface area (Å²) in [5, 5.41) is 11.2. The van der Waals surface area contributed by atoms with E-state index < -0.39 is 11.0 Å². The number of hydrogen-bond acceptors (Lipinski definition) is 6. The Morgan fingerprint density at radius 2 is 1.81 bits per heavy atom. The summed E-state index contributed by atoms with van der Waals surface area (Å²) in [6.07, 6.45) is -0.823. The summed E-state index contributed by atoms with van der Waals surface area (Å²) in [6, 6.07) is 13.2. The van der Waals surface area contributed by atoms with E-state index in [1.807, 2.05) is 30.3 Å². The normalized spacial score (nSPS) is 15.3. The van der Waals surface area contributed by atoms with Crippen molar-refractivity contribution >= 4 is 17.4 Å². The first-order valence-corrected chi connectivity index (χ1v) is 8.83. The average molecular weight is 370 g/mol. The molecule has 1 saturated heterocycles. The van der Waals surface area contributed by atoms with Crippen LogP contribution in [0.2, 0.25) is 0 Å². The highest BCUT2D eigenvalue weighted by Crippen LogP contribution is 2.26. The number of ether oxygens (including phenoxy) is 1. The number of carbonyl (C=O) groups is 1. The Balaban J connectivity index is 1.61. The minimum atomic E-state index is -0.823. The van der Waals surface area contributed by atoms with Gasteiger partial charge in [-0.15, -0.1) is 0 Å². The summed E-state index contributed by atoms with van der Waals surface area (Å²) in [4.78, 5) is 31.1. The maximum atomic E-state index is 12.7. The maximum Gasteiger partial charge on any atom is 0.406 e. The number of carbonyl (C=O) groups excluding carboxylic acids is 1. The smallest absolute Gasteiger partial charge is 0.406 e. The van der Waals surface area contributed by atoms with Crippen LogP contribution >= 0.6 is 0 Å². The van der Waals surface area contributed by atoms with Crippen molar-refractivity contribution in [1.29, 1.82) is 0 Å². The van der Waals surface area contributed by atoms with Crippen LogP contribution in [0.4, 0.5) is 11.5 Å². The molecule has 0 N–H and O–H groups in total. The first-order valence-electron chi connectivity index (χ1n) is 8.83. The van der Waals surface area contributed by atoms with E-state index in [2.05, 4.69) is 9.88 Å². The van der Waals surface area contributed by atoms with Crippen molar-refractivity contribution < 1.29 is 14.5 Å². The molecule has 0 spiro atoms. The Labute approximate surface area is 157 Å². The molecule has 2 heterocycles. The zero-order chi connectivity index (χ0) is 19.4. The third-order valence-electron chi connectivity index (χ3n) is 4.52. The number of nitrogens with zero attached hydrogens (tertiary/aromatic N) is 4. The first-order chi connectivity index (χ1) is 13.0. The monoisotopic (exact) mass is 370 g/mol. The minimum absolute atomic E-state index is 0.00868. The molecule has 3 rings (SSSR count). The molecule has 1 aromatic heterocycles. The van der Waals surface area contributed by atoms with Gasteiger partial charge >= 0.3 is 5.82 Å². The van der Waals surface area contributed by atoms with E-state index in [-0.39, 0.29) is 17.5 Å². The zero-order valence-electron chi connectivity index (χ0n) is 15.4. The lowest BCUT2D eigenvalue weighted by atomic mass is 10.2. The molecule has 1 atom stereocenters. The van der Waals surface area contributed by atoms with Gasteiger partial charge in [-0.3, -0.25) is 4.79 Å². The van der Waals surface area contributed by atoms with Crippen LogP contribution in [0.15, 0.2) is 42.5 Å². The van der Waals surface area contributed by atoms with Crippen LogP contribution in [0.25, 0.3) is 0 Å². The van der Waals surface area contributed by atoms with Crippen molar-refractivity contribution in [3.05, 3.63) is 58.3 Å². The molecule has 1 fully saturated rings. The molecule has 0 radical (unpaired) electrons. The highest BCUT2D eigenvalue weighted by Gasteiger charge is 2.28. The molecule has 1 aliphatic rings. The molecule has 27 heavy (non-hydrogen) atoms. The fourth-order valence-corrected chi connectivity index (χ4v) is 3.07. The fourth-order valence-electron chi connectivity index (χ4n) is 3.07. The maximum absolute atomic E-state index is 12.7. The van der Waals surface area contributed by atoms with Gasteiger partial charge in [0, 0.05) is 38.8 Å². The van der Waals surface area contributed by atoms with Crippen molar-refractivity contribution in [3.8, 4) is 5.75 Å². The van der Waals surface area contributed by atoms with Crippen LogP contribution in [-0.2, 0) is 4.79 Å². The largest absolute Gasteiger partial charge is 0.473 e. The SMILES string of the molecule is Cc1ccc(O[C@@H](C)C(=O)N2CCN(c3ccccc3)CC2)c([N+](=O)[O-])n1. The zero-order valence-corrected chi connectivity index (χ0v) is 15.4. The predicted octanol–water partition coefficient (Wildman–Crippen LogP) is 2.41. The molecule has 0 unspecified atom stereocenters. The number of pyridine rings is 1. The van der Waals surface area contributed by atoms with E-state index in [4.69, 9.17) is 4.74 Å². The number of aryl methyl sites for hydroxylation is 1. The van der Waals surface area contributed by atoms with Gasteiger partial charge in [0.05, 0.1) is 0 Å². The summed E-state index contributed by atoms with van der Waals surface area (Å²) >= 11 is 0. The molecule has 0 saturated carbocycles. The lowest BCUT2D eigenvalue weighted by molar-refractivity contribution is -0.390. The quantitative estimate of drug-likeness (QED) is 0.593. The summed E-state index contributed by atoms with van der Waals surface area (Å²) in [5.74, 6) is -0.546. The van der Waals surface area contributed by atoms with Crippen molar-refractivity contribution in [3.63, 3.8) is 0 Å². The first kappa shape index (κ1) is 18.6. The molecule has 1 amide bonds. The van der Waals surface area contributed by atoms with Crippen LogP contribution in [0.5, 0.6) is 5.75 Å². The average Bonchev–Trinajstić information content (AvgIpc) is 2.69. The number of piperazine rings is 1. The number of rotatable bonds is 5. The second-order valence-corrected chi connectivity index (χ2v) is 6.44. The van der Waals surface area contributed by atoms with Crippen LogP contribution < -0.4 is 9.64 Å². The standard InChI is InChI=1S/C19H22N4O4/c1-14-8-9-17(18(20-14)23(25)26)27-15(2)19(24)22-12-10-21(11-13-22)16-6-4-3-5-7-16/h3-9,15H,10-13H2,1-2H3/t15-/m0/s1. The number of nitro groups is 1. The van der Waals surface area contributed by atoms with E-state index >= 15 is 0 Å². The molecular weight excluding hydrogens is 348 g/mol. The van der Waals surface area contributed by atoms with Crippen LogP contribution in [0.1, 0.15) is 12.6 Å². The molecule has 0 aliphatic carbocycles. The lowest BCUT2D eigenvalue weighted by Crippen LogP contribution is -2.52. The number of amides is 1. The molecule has 2 aromatic rings. The number of para-hydroxylation sites is 1. The van der Waals surface area contributed by atoms with Crippen LogP contribution in [0.3, 0.4) is 0 Å². The highest BCUT2D eigenvalue weighted by atomic mass is 16.6. The van der Waals surface area contributed by atoms with Crippen molar-refractivity contribution in [2.24, 2.45) is 0 Å². The third kappa shape index (κ3) is 4.33. The Bertz CT molecular complexity index is 820. The number of aromatic nitrogens is 1. The van der Waals surface area contributed by atoms with Gasteiger partial charge in [-0.05, 0) is 41.1 Å². The van der Waals surface area contributed by atoms with Crippen LogP contribution in [-0.4, -0.2) is 53.0 Å². The minimum Gasteiger partial charge on any atom is -0.473 e. The van der Waals surface area contributed by atoms with E-state index in [1.165, 1.54) is 6.07 Å². The lowest BCUT2D eigenvalue weighted by Gasteiger charge is -2.37. The van der Waals surface area contributed by atoms with E-state index in [0.29, 0.717) is 18.8 Å². The second-order valence-electron chi connectivity index (χ2n) is 6.44. The third-order valence-corrected chi connectivity index (χ3v) is 4.52. The molecule has 1 aliphatic heterocycles. The van der Waals surface area contributed by atoms with Gasteiger partial charge in [-0.25, -0.2) is 0 Å². The van der Waals surface area contributed by atoms with Gasteiger partial charge in [0.15, 0.2) is 6.10 Å². The van der Waals surface area contributed by atoms with E-state index in [9.17, 15) is 14.9 Å². The molecule has 0 bridgehead atoms. The highest BCUT2D eigenvalue weighted by molar-refractivity contribution is 5.81. The Kier molecular flexibility index (Phi) is 5.54. The number of benzene rings is 1. The predicted molar refractivity (Wildman–Crippen MR) is 101 cm³/mol. The van der Waals surface area contributed by atoms with Crippen molar-refractivity contribution in [1.82, 2.24) is 9.88 Å². The molecule has 142 valence electrons. The molecule has 8 nitrogen and oxygen atoms in total. The van der Waals surface area contributed by atoms with Gasteiger partial charge < -0.3 is 24.7 Å². The fraction of sp³-hybridized carbons (Fsp3) is 0.368. The van der Waals surface area contributed by atoms with E-state index in [1.54, 1.807) is 24.8 Å². The molecule has 8 heteroatoms. The Morgan fingerprint density at radius 3 is 2.44 bits per heavy atom. The Morgan fingerprint density at radius 1 is 1.15 bits per heavy atom. The van der Waals surface area contributed by atoms with Crippen molar-refractivity contribution in [2.45, 2.75) is 20.0 Å².